The van der Waals surface area contributed by atoms with Gasteiger partial charge in [0.15, 0.2) is 0 Å². The maximum absolute atomic E-state index is 12.4. The zero-order valence-corrected chi connectivity index (χ0v) is 13.6. The topological polar surface area (TPSA) is 114 Å². The molecule has 1 aromatic carbocycles. The second kappa shape index (κ2) is 6.54. The molecule has 1 heterocycles. The SMILES string of the molecule is O=C(Cn1ccc2cc([N+](=O)[O-])ccc21)NC1(C(=O)O)CCCCC1. The summed E-state index contributed by atoms with van der Waals surface area (Å²) < 4.78 is 1.66. The Hall–Kier alpha value is -2.90. The lowest BCUT2D eigenvalue weighted by Crippen LogP contribution is -2.56. The first-order valence-electron chi connectivity index (χ1n) is 8.19. The normalized spacial score (nSPS) is 16.5. The molecule has 8 nitrogen and oxygen atoms in total. The summed E-state index contributed by atoms with van der Waals surface area (Å²) in [6.45, 7) is -0.0314. The van der Waals surface area contributed by atoms with Crippen LogP contribution in [0.25, 0.3) is 10.9 Å². The summed E-state index contributed by atoms with van der Waals surface area (Å²) >= 11 is 0. The number of rotatable bonds is 5. The molecule has 0 bridgehead atoms. The van der Waals surface area contributed by atoms with Gasteiger partial charge in [-0.2, -0.15) is 0 Å². The van der Waals surface area contributed by atoms with E-state index in [4.69, 9.17) is 0 Å². The van der Waals surface area contributed by atoms with E-state index < -0.39 is 16.4 Å². The lowest BCUT2D eigenvalue weighted by molar-refractivity contribution is -0.384. The minimum Gasteiger partial charge on any atom is -0.480 e. The molecule has 1 aliphatic rings. The number of hydrogen-bond donors (Lipinski definition) is 2. The molecule has 2 N–H and O–H groups in total. The van der Waals surface area contributed by atoms with Crippen molar-refractivity contribution in [2.75, 3.05) is 0 Å². The highest BCUT2D eigenvalue weighted by molar-refractivity contribution is 5.89. The molecule has 1 fully saturated rings. The molecular weight excluding hydrogens is 326 g/mol. The molecule has 2 aromatic rings. The Balaban J connectivity index is 1.77. The van der Waals surface area contributed by atoms with Crippen LogP contribution in [0.3, 0.4) is 0 Å². The zero-order valence-electron chi connectivity index (χ0n) is 13.6. The van der Waals surface area contributed by atoms with Crippen LogP contribution in [0.2, 0.25) is 0 Å². The molecule has 3 rings (SSSR count). The molecule has 1 amide bonds. The molecule has 0 atom stereocenters. The molecule has 0 unspecified atom stereocenters. The number of aliphatic carboxylic acids is 1. The van der Waals surface area contributed by atoms with Crippen LogP contribution in [0.15, 0.2) is 30.5 Å². The van der Waals surface area contributed by atoms with Gasteiger partial charge in [-0.05, 0) is 25.0 Å². The van der Waals surface area contributed by atoms with Crippen molar-refractivity contribution in [1.82, 2.24) is 9.88 Å². The molecule has 1 aromatic heterocycles. The first-order valence-corrected chi connectivity index (χ1v) is 8.19. The number of aromatic nitrogens is 1. The van der Waals surface area contributed by atoms with Gasteiger partial charge in [0, 0.05) is 29.2 Å². The number of non-ortho nitro benzene ring substituents is 1. The Bertz CT molecular complexity index is 836. The molecule has 25 heavy (non-hydrogen) atoms. The second-order valence-electron chi connectivity index (χ2n) is 6.44. The third-order valence-corrected chi connectivity index (χ3v) is 4.77. The largest absolute Gasteiger partial charge is 0.480 e. The molecule has 0 aliphatic heterocycles. The van der Waals surface area contributed by atoms with Crippen molar-refractivity contribution in [2.45, 2.75) is 44.2 Å². The van der Waals surface area contributed by atoms with Gasteiger partial charge in [-0.1, -0.05) is 19.3 Å². The van der Waals surface area contributed by atoms with Gasteiger partial charge in [-0.3, -0.25) is 14.9 Å². The Morgan fingerprint density at radius 1 is 1.24 bits per heavy atom. The van der Waals surface area contributed by atoms with Crippen LogP contribution < -0.4 is 5.32 Å². The van der Waals surface area contributed by atoms with Crippen LogP contribution >= 0.6 is 0 Å². The van der Waals surface area contributed by atoms with Crippen molar-refractivity contribution in [2.24, 2.45) is 0 Å². The van der Waals surface area contributed by atoms with Gasteiger partial charge in [0.2, 0.25) is 5.91 Å². The monoisotopic (exact) mass is 345 g/mol. The fourth-order valence-corrected chi connectivity index (χ4v) is 3.45. The van der Waals surface area contributed by atoms with Gasteiger partial charge in [0.25, 0.3) is 5.69 Å². The molecule has 1 saturated carbocycles. The fourth-order valence-electron chi connectivity index (χ4n) is 3.45. The summed E-state index contributed by atoms with van der Waals surface area (Å²) in [5.74, 6) is -1.37. The number of carbonyl (C=O) groups excluding carboxylic acids is 1. The van der Waals surface area contributed by atoms with E-state index in [1.165, 1.54) is 12.1 Å². The smallest absolute Gasteiger partial charge is 0.329 e. The van der Waals surface area contributed by atoms with Crippen LogP contribution in [0.4, 0.5) is 5.69 Å². The van der Waals surface area contributed by atoms with Gasteiger partial charge in [-0.15, -0.1) is 0 Å². The number of carbonyl (C=O) groups is 2. The summed E-state index contributed by atoms with van der Waals surface area (Å²) in [5.41, 5.74) is -0.507. The molecule has 0 spiro atoms. The van der Waals surface area contributed by atoms with Crippen molar-refractivity contribution < 1.29 is 19.6 Å². The standard InChI is InChI=1S/C17H19N3O5/c21-15(18-17(16(22)23)7-2-1-3-8-17)11-19-9-6-12-10-13(20(24)25)4-5-14(12)19/h4-6,9-10H,1-3,7-8,11H2,(H,18,21)(H,22,23). The fraction of sp³-hybridized carbons (Fsp3) is 0.412. The van der Waals surface area contributed by atoms with Crippen LogP contribution in [0.1, 0.15) is 32.1 Å². The first kappa shape index (κ1) is 16.9. The van der Waals surface area contributed by atoms with E-state index in [2.05, 4.69) is 5.32 Å². The van der Waals surface area contributed by atoms with E-state index in [0.717, 1.165) is 19.3 Å². The van der Waals surface area contributed by atoms with Crippen LogP contribution in [0.5, 0.6) is 0 Å². The number of hydrogen-bond acceptors (Lipinski definition) is 4. The number of fused-ring (bicyclic) bond motifs is 1. The number of nitrogens with zero attached hydrogens (tertiary/aromatic N) is 2. The summed E-state index contributed by atoms with van der Waals surface area (Å²) in [6, 6.07) is 6.12. The average Bonchev–Trinajstić information content (AvgIpc) is 2.97. The van der Waals surface area contributed by atoms with Crippen molar-refractivity contribution in [3.05, 3.63) is 40.6 Å². The maximum atomic E-state index is 12.4. The van der Waals surface area contributed by atoms with E-state index in [1.807, 2.05) is 0 Å². The number of nitrogens with one attached hydrogen (secondary N) is 1. The number of nitro benzene ring substituents is 1. The minimum atomic E-state index is -1.18. The van der Waals surface area contributed by atoms with Gasteiger partial charge < -0.3 is 15.0 Å². The van der Waals surface area contributed by atoms with Crippen LogP contribution in [-0.4, -0.2) is 32.0 Å². The third-order valence-electron chi connectivity index (χ3n) is 4.77. The summed E-state index contributed by atoms with van der Waals surface area (Å²) in [4.78, 5) is 34.4. The number of carboxylic acid groups (broad SMARTS) is 1. The van der Waals surface area contributed by atoms with E-state index in [1.54, 1.807) is 22.9 Å². The molecule has 1 aliphatic carbocycles. The lowest BCUT2D eigenvalue weighted by atomic mass is 9.81. The quantitative estimate of drug-likeness (QED) is 0.638. The molecular formula is C17H19N3O5. The summed E-state index contributed by atoms with van der Waals surface area (Å²) in [6.07, 6.45) is 5.08. The number of carboxylic acids is 1. The summed E-state index contributed by atoms with van der Waals surface area (Å²) in [5, 5.41) is 23.7. The summed E-state index contributed by atoms with van der Waals surface area (Å²) in [7, 11) is 0. The molecule has 8 heteroatoms. The van der Waals surface area contributed by atoms with E-state index in [0.29, 0.717) is 23.7 Å². The Labute approximate surface area is 143 Å². The second-order valence-corrected chi connectivity index (χ2v) is 6.44. The van der Waals surface area contributed by atoms with E-state index >= 15 is 0 Å². The van der Waals surface area contributed by atoms with Gasteiger partial charge >= 0.3 is 5.97 Å². The predicted octanol–water partition coefficient (Wildman–Crippen LogP) is 2.45. The highest BCUT2D eigenvalue weighted by Gasteiger charge is 2.40. The van der Waals surface area contributed by atoms with Gasteiger partial charge in [-0.25, -0.2) is 4.79 Å². The van der Waals surface area contributed by atoms with E-state index in [9.17, 15) is 24.8 Å². The lowest BCUT2D eigenvalue weighted by Gasteiger charge is -2.34. The van der Waals surface area contributed by atoms with Crippen molar-refractivity contribution in [3.63, 3.8) is 0 Å². The Morgan fingerprint density at radius 3 is 2.60 bits per heavy atom. The highest BCUT2D eigenvalue weighted by Crippen LogP contribution is 2.28. The third kappa shape index (κ3) is 3.33. The Kier molecular flexibility index (Phi) is 4.43. The van der Waals surface area contributed by atoms with Gasteiger partial charge in [0.1, 0.15) is 12.1 Å². The highest BCUT2D eigenvalue weighted by atomic mass is 16.6. The first-order chi connectivity index (χ1) is 11.9. The molecule has 0 saturated heterocycles. The van der Waals surface area contributed by atoms with E-state index in [-0.39, 0.29) is 18.1 Å². The Morgan fingerprint density at radius 2 is 1.96 bits per heavy atom. The zero-order chi connectivity index (χ0) is 18.0. The average molecular weight is 345 g/mol. The van der Waals surface area contributed by atoms with Crippen molar-refractivity contribution in [1.29, 1.82) is 0 Å². The molecule has 132 valence electrons. The maximum Gasteiger partial charge on any atom is 0.329 e. The minimum absolute atomic E-state index is 0.0123. The van der Waals surface area contributed by atoms with Crippen LogP contribution in [-0.2, 0) is 16.1 Å². The predicted molar refractivity (Wildman–Crippen MR) is 90.2 cm³/mol. The molecule has 0 radical (unpaired) electrons. The number of amides is 1. The van der Waals surface area contributed by atoms with Crippen molar-refractivity contribution in [3.8, 4) is 0 Å². The van der Waals surface area contributed by atoms with Crippen LogP contribution in [0, 0.1) is 10.1 Å². The number of nitro groups is 1. The van der Waals surface area contributed by atoms with Gasteiger partial charge in [0.05, 0.1) is 4.92 Å². The van der Waals surface area contributed by atoms with Crippen molar-refractivity contribution >= 4 is 28.5 Å². The number of benzene rings is 1.